The number of aromatic nitrogens is 1. The number of rotatable bonds is 10. The van der Waals surface area contributed by atoms with Gasteiger partial charge in [0.15, 0.2) is 0 Å². The Hall–Kier alpha value is -4.79. The van der Waals surface area contributed by atoms with E-state index in [2.05, 4.69) is 15.6 Å². The molecule has 9 heteroatoms. The van der Waals surface area contributed by atoms with Crippen LogP contribution in [0.2, 0.25) is 0 Å². The molecule has 37 heavy (non-hydrogen) atoms. The fourth-order valence-corrected chi connectivity index (χ4v) is 3.98. The van der Waals surface area contributed by atoms with Gasteiger partial charge in [0.05, 0.1) is 0 Å². The molecule has 0 spiro atoms. The molecular weight excluding hydrogens is 474 g/mol. The average molecular weight is 502 g/mol. The summed E-state index contributed by atoms with van der Waals surface area (Å²) < 4.78 is 5.26. The molecule has 4 aromatic rings. The van der Waals surface area contributed by atoms with Crippen LogP contribution in [0.25, 0.3) is 10.9 Å². The van der Waals surface area contributed by atoms with Crippen LogP contribution in [0.5, 0.6) is 5.75 Å². The van der Waals surface area contributed by atoms with E-state index in [4.69, 9.17) is 4.74 Å². The third-order valence-electron chi connectivity index (χ3n) is 5.91. The zero-order valence-electron chi connectivity index (χ0n) is 19.9. The maximum atomic E-state index is 13.2. The lowest BCUT2D eigenvalue weighted by molar-refractivity contribution is -0.142. The average Bonchev–Trinajstić information content (AvgIpc) is 3.31. The van der Waals surface area contributed by atoms with Gasteiger partial charge in [-0.05, 0) is 34.9 Å². The Morgan fingerprint density at radius 3 is 2.24 bits per heavy atom. The lowest BCUT2D eigenvalue weighted by Crippen LogP contribution is -2.53. The van der Waals surface area contributed by atoms with Crippen LogP contribution < -0.4 is 10.6 Å². The van der Waals surface area contributed by atoms with Crippen molar-refractivity contribution in [3.63, 3.8) is 0 Å². The van der Waals surface area contributed by atoms with Crippen molar-refractivity contribution in [3.05, 3.63) is 102 Å². The van der Waals surface area contributed by atoms with Gasteiger partial charge in [-0.3, -0.25) is 4.79 Å². The highest BCUT2D eigenvalue weighted by molar-refractivity contribution is 5.90. The third kappa shape index (κ3) is 6.88. The second kappa shape index (κ2) is 11.8. The van der Waals surface area contributed by atoms with E-state index in [0.717, 1.165) is 22.0 Å². The number of para-hydroxylation sites is 1. The molecule has 2 atom stereocenters. The number of carbonyl (C=O) groups is 3. The van der Waals surface area contributed by atoms with E-state index in [0.29, 0.717) is 5.56 Å². The molecule has 0 unspecified atom stereocenters. The maximum Gasteiger partial charge on any atom is 0.408 e. The molecule has 4 rings (SSSR count). The van der Waals surface area contributed by atoms with Gasteiger partial charge in [-0.2, -0.15) is 0 Å². The van der Waals surface area contributed by atoms with Crippen LogP contribution in [0, 0.1) is 0 Å². The quantitative estimate of drug-likeness (QED) is 0.225. The van der Waals surface area contributed by atoms with Crippen molar-refractivity contribution in [3.8, 4) is 5.75 Å². The molecule has 0 saturated heterocycles. The topological polar surface area (TPSA) is 141 Å². The number of amides is 2. The molecule has 0 saturated carbocycles. The standard InChI is InChI=1S/C28H27N3O6/c32-21-12-10-18(11-13-21)14-24(31-28(36)37-17-19-6-2-1-3-7-19)26(33)30-25(27(34)35)15-20-16-29-23-9-5-4-8-22(20)23/h1-13,16,24-25,29,32H,14-15,17H2,(H,30,33)(H,31,36)(H,34,35)/t24-,25-/m0/s1. The number of hydrogen-bond acceptors (Lipinski definition) is 5. The summed E-state index contributed by atoms with van der Waals surface area (Å²) >= 11 is 0. The summed E-state index contributed by atoms with van der Waals surface area (Å²) in [5, 5.41) is 25.4. The van der Waals surface area contributed by atoms with Gasteiger partial charge in [0, 0.05) is 29.9 Å². The number of nitrogens with one attached hydrogen (secondary N) is 3. The lowest BCUT2D eigenvalue weighted by atomic mass is 10.0. The number of fused-ring (bicyclic) bond motifs is 1. The monoisotopic (exact) mass is 501 g/mol. The van der Waals surface area contributed by atoms with Crippen molar-refractivity contribution in [2.45, 2.75) is 31.5 Å². The molecule has 1 aromatic heterocycles. The van der Waals surface area contributed by atoms with Crippen molar-refractivity contribution in [1.29, 1.82) is 0 Å². The molecule has 3 aromatic carbocycles. The first-order valence-corrected chi connectivity index (χ1v) is 11.7. The number of carbonyl (C=O) groups excluding carboxylic acids is 2. The normalized spacial score (nSPS) is 12.4. The molecule has 0 radical (unpaired) electrons. The summed E-state index contributed by atoms with van der Waals surface area (Å²) in [4.78, 5) is 40.9. The second-order valence-electron chi connectivity index (χ2n) is 8.59. The molecular formula is C28H27N3O6. The minimum Gasteiger partial charge on any atom is -0.508 e. The predicted molar refractivity (Wildman–Crippen MR) is 137 cm³/mol. The zero-order chi connectivity index (χ0) is 26.2. The van der Waals surface area contributed by atoms with Gasteiger partial charge in [-0.1, -0.05) is 60.7 Å². The SMILES string of the molecule is O=C(N[C@@H](Cc1ccc(O)cc1)C(=O)N[C@@H](Cc1c[nH]c2ccccc12)C(=O)O)OCc1ccccc1. The van der Waals surface area contributed by atoms with E-state index in [9.17, 15) is 24.6 Å². The number of hydrogen-bond donors (Lipinski definition) is 5. The molecule has 9 nitrogen and oxygen atoms in total. The Morgan fingerprint density at radius 1 is 0.811 bits per heavy atom. The fraction of sp³-hybridized carbons (Fsp3) is 0.179. The van der Waals surface area contributed by atoms with Crippen LogP contribution in [-0.2, 0) is 33.8 Å². The number of ether oxygens (including phenoxy) is 1. The van der Waals surface area contributed by atoms with Gasteiger partial charge < -0.3 is 30.6 Å². The number of alkyl carbamates (subject to hydrolysis) is 1. The van der Waals surface area contributed by atoms with E-state index in [1.165, 1.54) is 12.1 Å². The summed E-state index contributed by atoms with van der Waals surface area (Å²) in [6, 6.07) is 20.4. The van der Waals surface area contributed by atoms with Crippen molar-refractivity contribution < 1.29 is 29.3 Å². The van der Waals surface area contributed by atoms with Gasteiger partial charge in [0.25, 0.3) is 0 Å². The highest BCUT2D eigenvalue weighted by Crippen LogP contribution is 2.19. The number of aromatic amines is 1. The summed E-state index contributed by atoms with van der Waals surface area (Å²) in [5.74, 6) is -1.81. The summed E-state index contributed by atoms with van der Waals surface area (Å²) in [5.41, 5.74) is 3.04. The van der Waals surface area contributed by atoms with Gasteiger partial charge in [-0.25, -0.2) is 9.59 Å². The molecule has 0 bridgehead atoms. The van der Waals surface area contributed by atoms with Crippen molar-refractivity contribution in [2.75, 3.05) is 0 Å². The Balaban J connectivity index is 1.47. The largest absolute Gasteiger partial charge is 0.508 e. The van der Waals surface area contributed by atoms with Crippen LogP contribution in [0.1, 0.15) is 16.7 Å². The van der Waals surface area contributed by atoms with E-state index < -0.39 is 30.1 Å². The van der Waals surface area contributed by atoms with Crippen LogP contribution >= 0.6 is 0 Å². The van der Waals surface area contributed by atoms with Crippen molar-refractivity contribution >= 4 is 28.9 Å². The fourth-order valence-electron chi connectivity index (χ4n) is 3.98. The number of aromatic hydroxyl groups is 1. The summed E-state index contributed by atoms with van der Waals surface area (Å²) in [6.45, 7) is 0.0124. The maximum absolute atomic E-state index is 13.2. The minimum atomic E-state index is -1.23. The van der Waals surface area contributed by atoms with Crippen LogP contribution in [-0.4, -0.2) is 45.3 Å². The zero-order valence-corrected chi connectivity index (χ0v) is 19.9. The Labute approximate surface area is 213 Å². The molecule has 0 fully saturated rings. The first-order valence-electron chi connectivity index (χ1n) is 11.7. The van der Waals surface area contributed by atoms with Gasteiger partial charge in [0.1, 0.15) is 24.4 Å². The lowest BCUT2D eigenvalue weighted by Gasteiger charge is -2.21. The molecule has 0 aliphatic rings. The highest BCUT2D eigenvalue weighted by Gasteiger charge is 2.28. The number of aliphatic carboxylic acids is 1. The highest BCUT2D eigenvalue weighted by atomic mass is 16.5. The number of benzene rings is 3. The summed E-state index contributed by atoms with van der Waals surface area (Å²) in [6.07, 6.45) is 1.02. The van der Waals surface area contributed by atoms with Crippen LogP contribution in [0.3, 0.4) is 0 Å². The Kier molecular flexibility index (Phi) is 8.05. The Bertz CT molecular complexity index is 1370. The van der Waals surface area contributed by atoms with Crippen molar-refractivity contribution in [1.82, 2.24) is 15.6 Å². The molecule has 5 N–H and O–H groups in total. The molecule has 0 aliphatic carbocycles. The molecule has 1 heterocycles. The molecule has 2 amide bonds. The number of H-pyrrole nitrogens is 1. The Morgan fingerprint density at radius 2 is 1.51 bits per heavy atom. The number of carboxylic acids is 1. The van der Waals surface area contributed by atoms with E-state index >= 15 is 0 Å². The predicted octanol–water partition coefficient (Wildman–Crippen LogP) is 3.52. The smallest absolute Gasteiger partial charge is 0.408 e. The van der Waals surface area contributed by atoms with Gasteiger partial charge >= 0.3 is 12.1 Å². The van der Waals surface area contributed by atoms with Gasteiger partial charge in [-0.15, -0.1) is 0 Å². The number of phenols is 1. The number of phenolic OH excluding ortho intramolecular Hbond substituents is 1. The third-order valence-corrected chi connectivity index (χ3v) is 5.91. The van der Waals surface area contributed by atoms with Crippen molar-refractivity contribution in [2.24, 2.45) is 0 Å². The second-order valence-corrected chi connectivity index (χ2v) is 8.59. The first-order chi connectivity index (χ1) is 17.9. The number of carboxylic acid groups (broad SMARTS) is 1. The van der Waals surface area contributed by atoms with E-state index in [-0.39, 0.29) is 25.2 Å². The van der Waals surface area contributed by atoms with Crippen LogP contribution in [0.4, 0.5) is 4.79 Å². The molecule has 190 valence electrons. The van der Waals surface area contributed by atoms with E-state index in [1.807, 2.05) is 42.5 Å². The van der Waals surface area contributed by atoms with Crippen LogP contribution in [0.15, 0.2) is 85.1 Å². The minimum absolute atomic E-state index is 0.0124. The molecule has 0 aliphatic heterocycles. The summed E-state index contributed by atoms with van der Waals surface area (Å²) in [7, 11) is 0. The first kappa shape index (κ1) is 25.3. The van der Waals surface area contributed by atoms with E-state index in [1.54, 1.807) is 30.5 Å². The van der Waals surface area contributed by atoms with Gasteiger partial charge in [0.2, 0.25) is 5.91 Å².